The largest absolute Gasteiger partial charge is 0.356 e. The Balaban J connectivity index is 1.53. The van der Waals surface area contributed by atoms with Crippen molar-refractivity contribution in [1.82, 2.24) is 25.3 Å². The number of carbonyl (C=O) groups is 2. The predicted molar refractivity (Wildman–Crippen MR) is 92.1 cm³/mol. The number of hydrogen-bond donors (Lipinski definition) is 1. The molecule has 2 atom stereocenters. The summed E-state index contributed by atoms with van der Waals surface area (Å²) in [6, 6.07) is 3.31. The second-order valence-electron chi connectivity index (χ2n) is 6.67. The van der Waals surface area contributed by atoms with Crippen molar-refractivity contribution in [1.29, 1.82) is 0 Å². The molecule has 142 valence electrons. The Kier molecular flexibility index (Phi) is 4.85. The summed E-state index contributed by atoms with van der Waals surface area (Å²) >= 11 is 0. The van der Waals surface area contributed by atoms with Crippen molar-refractivity contribution in [2.24, 2.45) is 0 Å². The van der Waals surface area contributed by atoms with Crippen molar-refractivity contribution in [3.05, 3.63) is 41.8 Å². The van der Waals surface area contributed by atoms with Crippen LogP contribution in [0.2, 0.25) is 0 Å². The summed E-state index contributed by atoms with van der Waals surface area (Å²) in [6.45, 7) is 1.93. The van der Waals surface area contributed by atoms with Gasteiger partial charge in [0.05, 0.1) is 12.6 Å². The topological polar surface area (TPSA) is 110 Å². The molecule has 0 bridgehead atoms. The molecule has 0 unspecified atom stereocenters. The van der Waals surface area contributed by atoms with Gasteiger partial charge < -0.3 is 19.5 Å². The lowest BCUT2D eigenvalue weighted by Crippen LogP contribution is -2.55. The molecule has 0 aromatic carbocycles. The predicted octanol–water partition coefficient (Wildman–Crippen LogP) is 0.774. The van der Waals surface area contributed by atoms with Gasteiger partial charge >= 0.3 is 0 Å². The zero-order chi connectivity index (χ0) is 18.8. The summed E-state index contributed by atoms with van der Waals surface area (Å²) in [7, 11) is 0. The molecule has 27 heavy (non-hydrogen) atoms. The molecule has 1 saturated heterocycles. The average Bonchev–Trinajstić information content (AvgIpc) is 3.43. The minimum Gasteiger partial charge on any atom is -0.356 e. The first kappa shape index (κ1) is 17.6. The van der Waals surface area contributed by atoms with Gasteiger partial charge in [0.25, 0.3) is 5.91 Å². The molecule has 9 heteroatoms. The number of hydrogen-bond acceptors (Lipinski definition) is 7. The highest BCUT2D eigenvalue weighted by atomic mass is 16.5. The van der Waals surface area contributed by atoms with E-state index in [4.69, 9.17) is 9.26 Å². The van der Waals surface area contributed by atoms with Crippen LogP contribution in [0, 0.1) is 0 Å². The van der Waals surface area contributed by atoms with E-state index < -0.39 is 12.1 Å². The van der Waals surface area contributed by atoms with Crippen LogP contribution < -0.4 is 5.32 Å². The van der Waals surface area contributed by atoms with Crippen LogP contribution >= 0.6 is 0 Å². The Morgan fingerprint density at radius 2 is 2.26 bits per heavy atom. The van der Waals surface area contributed by atoms with E-state index >= 15 is 0 Å². The van der Waals surface area contributed by atoms with Crippen molar-refractivity contribution in [2.75, 3.05) is 6.61 Å². The zero-order valence-corrected chi connectivity index (χ0v) is 15.0. The summed E-state index contributed by atoms with van der Waals surface area (Å²) in [4.78, 5) is 35.4. The Hall–Kier alpha value is -2.81. The highest BCUT2D eigenvalue weighted by Gasteiger charge is 2.47. The third-order valence-electron chi connectivity index (χ3n) is 4.73. The zero-order valence-electron chi connectivity index (χ0n) is 15.0. The summed E-state index contributed by atoms with van der Waals surface area (Å²) in [5, 5.41) is 6.59. The number of ether oxygens (including phenoxy) is 1. The van der Waals surface area contributed by atoms with Crippen molar-refractivity contribution >= 4 is 11.8 Å². The third-order valence-corrected chi connectivity index (χ3v) is 4.73. The Bertz CT molecular complexity index is 820. The molecule has 0 spiro atoms. The van der Waals surface area contributed by atoms with E-state index in [1.165, 1.54) is 0 Å². The molecule has 2 aliphatic rings. The highest BCUT2D eigenvalue weighted by Crippen LogP contribution is 2.39. The van der Waals surface area contributed by atoms with Gasteiger partial charge in [-0.2, -0.15) is 4.98 Å². The Morgan fingerprint density at radius 1 is 1.41 bits per heavy atom. The lowest BCUT2D eigenvalue weighted by Gasteiger charge is -2.40. The fourth-order valence-corrected chi connectivity index (χ4v) is 3.29. The Labute approximate surface area is 156 Å². The van der Waals surface area contributed by atoms with Gasteiger partial charge in [-0.1, -0.05) is 18.1 Å². The monoisotopic (exact) mass is 371 g/mol. The van der Waals surface area contributed by atoms with Gasteiger partial charge in [0, 0.05) is 24.9 Å². The number of nitrogens with one attached hydrogen (secondary N) is 1. The molecule has 2 aromatic rings. The van der Waals surface area contributed by atoms with Crippen LogP contribution in [0.15, 0.2) is 29.0 Å². The van der Waals surface area contributed by atoms with E-state index in [1.54, 1.807) is 23.4 Å². The van der Waals surface area contributed by atoms with E-state index in [-0.39, 0.29) is 31.0 Å². The van der Waals surface area contributed by atoms with Crippen LogP contribution in [-0.2, 0) is 27.3 Å². The fourth-order valence-electron chi connectivity index (χ4n) is 3.29. The lowest BCUT2D eigenvalue weighted by atomic mass is 9.98. The maximum absolute atomic E-state index is 12.8. The standard InChI is InChI=1S/C18H21N5O4/c1-2-13-21-14(27-22-13)9-20-18(25)17-16(11-4-3-7-19-8-11)23(12-5-6-12)15(24)10-26-17/h3-4,7-8,12,16-17H,2,5-6,9-10H2,1H3,(H,20,25)/t16-,17+/m1/s1. The highest BCUT2D eigenvalue weighted by molar-refractivity contribution is 5.86. The summed E-state index contributed by atoms with van der Waals surface area (Å²) in [5.74, 6) is 0.508. The number of aryl methyl sites for hydroxylation is 1. The summed E-state index contributed by atoms with van der Waals surface area (Å²) in [5.41, 5.74) is 0.781. The number of nitrogens with zero attached hydrogens (tertiary/aromatic N) is 4. The summed E-state index contributed by atoms with van der Waals surface area (Å²) < 4.78 is 10.7. The van der Waals surface area contributed by atoms with Crippen LogP contribution in [0.3, 0.4) is 0 Å². The first-order chi connectivity index (χ1) is 13.2. The maximum atomic E-state index is 12.8. The van der Waals surface area contributed by atoms with Crippen LogP contribution in [0.4, 0.5) is 0 Å². The fraction of sp³-hybridized carbons (Fsp3) is 0.500. The van der Waals surface area contributed by atoms with Crippen molar-refractivity contribution < 1.29 is 18.8 Å². The van der Waals surface area contributed by atoms with Gasteiger partial charge in [-0.15, -0.1) is 0 Å². The van der Waals surface area contributed by atoms with E-state index in [9.17, 15) is 9.59 Å². The molecule has 4 rings (SSSR count). The molecule has 1 N–H and O–H groups in total. The summed E-state index contributed by atoms with van der Waals surface area (Å²) in [6.07, 6.45) is 5.06. The SMILES string of the molecule is CCc1noc(CNC(=O)[C@H]2OCC(=O)N(C3CC3)[C@@H]2c2cccnc2)n1. The van der Waals surface area contributed by atoms with Crippen molar-refractivity contribution in [2.45, 2.75) is 50.9 Å². The first-order valence-corrected chi connectivity index (χ1v) is 9.09. The van der Waals surface area contributed by atoms with Crippen LogP contribution in [0.25, 0.3) is 0 Å². The van der Waals surface area contributed by atoms with Gasteiger partial charge in [0.15, 0.2) is 11.9 Å². The number of carbonyl (C=O) groups excluding carboxylic acids is 2. The van der Waals surface area contributed by atoms with E-state index in [0.29, 0.717) is 18.1 Å². The molecular formula is C18H21N5O4. The van der Waals surface area contributed by atoms with Gasteiger partial charge in [-0.25, -0.2) is 0 Å². The first-order valence-electron chi connectivity index (χ1n) is 9.09. The minimum absolute atomic E-state index is 0.0973. The van der Waals surface area contributed by atoms with Crippen LogP contribution in [-0.4, -0.2) is 50.6 Å². The lowest BCUT2D eigenvalue weighted by molar-refractivity contribution is -0.165. The number of rotatable bonds is 6. The maximum Gasteiger partial charge on any atom is 0.252 e. The number of aromatic nitrogens is 3. The molecule has 1 aliphatic carbocycles. The van der Waals surface area contributed by atoms with E-state index in [2.05, 4.69) is 20.4 Å². The molecule has 3 heterocycles. The second kappa shape index (κ2) is 7.43. The van der Waals surface area contributed by atoms with Gasteiger partial charge in [0.2, 0.25) is 11.8 Å². The molecule has 2 amide bonds. The molecule has 2 fully saturated rings. The Morgan fingerprint density at radius 3 is 2.93 bits per heavy atom. The number of pyridine rings is 1. The molecule has 1 saturated carbocycles. The van der Waals surface area contributed by atoms with E-state index in [1.807, 2.05) is 13.0 Å². The van der Waals surface area contributed by atoms with E-state index in [0.717, 1.165) is 18.4 Å². The minimum atomic E-state index is -0.818. The normalized spacial score (nSPS) is 22.7. The number of amides is 2. The van der Waals surface area contributed by atoms with Crippen molar-refractivity contribution in [3.8, 4) is 0 Å². The molecule has 1 aliphatic heterocycles. The quantitative estimate of drug-likeness (QED) is 0.798. The molecule has 0 radical (unpaired) electrons. The van der Waals surface area contributed by atoms with Crippen molar-refractivity contribution in [3.63, 3.8) is 0 Å². The second-order valence-corrected chi connectivity index (χ2v) is 6.67. The molecule has 2 aromatic heterocycles. The molecule has 9 nitrogen and oxygen atoms in total. The third kappa shape index (κ3) is 3.68. The van der Waals surface area contributed by atoms with Crippen LogP contribution in [0.5, 0.6) is 0 Å². The van der Waals surface area contributed by atoms with Gasteiger partial charge in [-0.3, -0.25) is 14.6 Å². The van der Waals surface area contributed by atoms with Crippen LogP contribution in [0.1, 0.15) is 43.1 Å². The van der Waals surface area contributed by atoms with Gasteiger partial charge in [-0.05, 0) is 24.5 Å². The average molecular weight is 371 g/mol. The smallest absolute Gasteiger partial charge is 0.252 e. The molecular weight excluding hydrogens is 350 g/mol. The van der Waals surface area contributed by atoms with Gasteiger partial charge in [0.1, 0.15) is 6.61 Å². The number of morpholine rings is 1.